The number of likely N-dealkylation sites (N-methyl/N-ethyl adjacent to an activating group) is 1. The van der Waals surface area contributed by atoms with Gasteiger partial charge in [0.15, 0.2) is 0 Å². The molecule has 4 rings (SSSR count). The van der Waals surface area contributed by atoms with E-state index in [1.54, 1.807) is 0 Å². The molecule has 1 heterocycles. The van der Waals surface area contributed by atoms with E-state index in [0.29, 0.717) is 0 Å². The molecule has 0 aliphatic carbocycles. The van der Waals surface area contributed by atoms with Crippen molar-refractivity contribution in [3.05, 3.63) is 78.1 Å². The quantitative estimate of drug-likeness (QED) is 0.490. The largest absolute Gasteiger partial charge is 0.309 e. The zero-order valence-corrected chi connectivity index (χ0v) is 15.7. The van der Waals surface area contributed by atoms with Crippen molar-refractivity contribution in [1.29, 1.82) is 0 Å². The monoisotopic (exact) mass is 340 g/mol. The van der Waals surface area contributed by atoms with Crippen molar-refractivity contribution in [3.8, 4) is 11.1 Å². The molecule has 26 heavy (non-hydrogen) atoms. The third kappa shape index (κ3) is 3.09. The van der Waals surface area contributed by atoms with Gasteiger partial charge in [-0.05, 0) is 71.9 Å². The lowest BCUT2D eigenvalue weighted by atomic mass is 9.91. The lowest BCUT2D eigenvalue weighted by Gasteiger charge is -2.15. The molecule has 4 aromatic rings. The molecule has 0 saturated carbocycles. The van der Waals surface area contributed by atoms with E-state index in [2.05, 4.69) is 85.5 Å². The highest BCUT2D eigenvalue weighted by Gasteiger charge is 2.11. The van der Waals surface area contributed by atoms with Gasteiger partial charge in [-0.3, -0.25) is 4.98 Å². The molecule has 0 aliphatic rings. The van der Waals surface area contributed by atoms with E-state index in [-0.39, 0.29) is 0 Å². The van der Waals surface area contributed by atoms with Gasteiger partial charge in [-0.15, -0.1) is 0 Å². The van der Waals surface area contributed by atoms with Gasteiger partial charge in [-0.25, -0.2) is 0 Å². The fraction of sp³-hybridized carbons (Fsp3) is 0.208. The average Bonchev–Trinajstić information content (AvgIpc) is 2.66. The standard InChI is InChI=1S/C24H24N2/c1-17-6-4-8-21-20(17)7-5-9-22(21)23-15-18(11-13-26(2)3)14-19-10-12-25-16-24(19)23/h4-10,12,14-16H,11,13H2,1-3H3. The smallest absolute Gasteiger partial charge is 0.0352 e. The van der Waals surface area contributed by atoms with E-state index in [1.807, 2.05) is 12.4 Å². The van der Waals surface area contributed by atoms with E-state index in [4.69, 9.17) is 0 Å². The van der Waals surface area contributed by atoms with Crippen LogP contribution in [0, 0.1) is 6.92 Å². The number of pyridine rings is 1. The lowest BCUT2D eigenvalue weighted by Crippen LogP contribution is -2.15. The Morgan fingerprint density at radius 2 is 1.65 bits per heavy atom. The summed E-state index contributed by atoms with van der Waals surface area (Å²) >= 11 is 0. The fourth-order valence-corrected chi connectivity index (χ4v) is 3.68. The van der Waals surface area contributed by atoms with E-state index in [1.165, 1.54) is 43.8 Å². The second-order valence-corrected chi connectivity index (χ2v) is 7.27. The molecule has 0 N–H and O–H groups in total. The fourth-order valence-electron chi connectivity index (χ4n) is 3.68. The maximum absolute atomic E-state index is 4.39. The second-order valence-electron chi connectivity index (χ2n) is 7.27. The van der Waals surface area contributed by atoms with Crippen LogP contribution in [-0.4, -0.2) is 30.5 Å². The zero-order valence-electron chi connectivity index (χ0n) is 15.7. The first-order valence-electron chi connectivity index (χ1n) is 9.13. The van der Waals surface area contributed by atoms with Crippen LogP contribution >= 0.6 is 0 Å². The number of hydrogen-bond donors (Lipinski definition) is 0. The van der Waals surface area contributed by atoms with Crippen LogP contribution in [-0.2, 0) is 6.42 Å². The van der Waals surface area contributed by atoms with Gasteiger partial charge < -0.3 is 4.90 Å². The number of nitrogens with zero attached hydrogens (tertiary/aromatic N) is 2. The highest BCUT2D eigenvalue weighted by atomic mass is 15.0. The van der Waals surface area contributed by atoms with Gasteiger partial charge in [0, 0.05) is 24.3 Å². The molecule has 3 aromatic carbocycles. The van der Waals surface area contributed by atoms with Gasteiger partial charge in [0.25, 0.3) is 0 Å². The predicted molar refractivity (Wildman–Crippen MR) is 112 cm³/mol. The second kappa shape index (κ2) is 6.89. The molecule has 0 bridgehead atoms. The molecule has 1 aromatic heterocycles. The van der Waals surface area contributed by atoms with Crippen molar-refractivity contribution in [2.75, 3.05) is 20.6 Å². The molecule has 0 unspecified atom stereocenters. The summed E-state index contributed by atoms with van der Waals surface area (Å²) in [4.78, 5) is 6.63. The highest BCUT2D eigenvalue weighted by molar-refractivity contribution is 6.06. The maximum atomic E-state index is 4.39. The van der Waals surface area contributed by atoms with Crippen LogP contribution in [0.25, 0.3) is 32.7 Å². The summed E-state index contributed by atoms with van der Waals surface area (Å²) in [5.74, 6) is 0. The number of aryl methyl sites for hydroxylation is 1. The van der Waals surface area contributed by atoms with Crippen LogP contribution in [0.4, 0.5) is 0 Å². The SMILES string of the molecule is Cc1cccc2c(-c3cc(CCN(C)C)cc4ccncc34)cccc12. The highest BCUT2D eigenvalue weighted by Crippen LogP contribution is 2.35. The molecule has 0 saturated heterocycles. The molecule has 0 fully saturated rings. The molecule has 0 atom stereocenters. The molecule has 130 valence electrons. The molecule has 2 nitrogen and oxygen atoms in total. The summed E-state index contributed by atoms with van der Waals surface area (Å²) in [6, 6.07) is 20.0. The van der Waals surface area contributed by atoms with Crippen molar-refractivity contribution < 1.29 is 0 Å². The Morgan fingerprint density at radius 3 is 2.50 bits per heavy atom. The average molecular weight is 340 g/mol. The molecule has 0 radical (unpaired) electrons. The summed E-state index contributed by atoms with van der Waals surface area (Å²) < 4.78 is 0. The Morgan fingerprint density at radius 1 is 0.846 bits per heavy atom. The summed E-state index contributed by atoms with van der Waals surface area (Å²) in [6.07, 6.45) is 4.92. The van der Waals surface area contributed by atoms with Gasteiger partial charge in [0.2, 0.25) is 0 Å². The van der Waals surface area contributed by atoms with E-state index >= 15 is 0 Å². The van der Waals surface area contributed by atoms with Crippen LogP contribution in [0.15, 0.2) is 67.0 Å². The number of rotatable bonds is 4. The summed E-state index contributed by atoms with van der Waals surface area (Å²) in [5, 5.41) is 5.11. The minimum absolute atomic E-state index is 1.04. The predicted octanol–water partition coefficient (Wildman–Crippen LogP) is 5.47. The molecule has 0 spiro atoms. The molecule has 2 heteroatoms. The Hall–Kier alpha value is -2.71. The van der Waals surface area contributed by atoms with Crippen LogP contribution in [0.2, 0.25) is 0 Å². The van der Waals surface area contributed by atoms with Crippen LogP contribution in [0.5, 0.6) is 0 Å². The van der Waals surface area contributed by atoms with Crippen molar-refractivity contribution in [2.24, 2.45) is 0 Å². The number of benzene rings is 3. The molecular weight excluding hydrogens is 316 g/mol. The Labute approximate surface area is 155 Å². The maximum Gasteiger partial charge on any atom is 0.0352 e. The molecule has 0 aliphatic heterocycles. The van der Waals surface area contributed by atoms with Crippen LogP contribution in [0.1, 0.15) is 11.1 Å². The molecule has 0 amide bonds. The van der Waals surface area contributed by atoms with E-state index < -0.39 is 0 Å². The topological polar surface area (TPSA) is 16.1 Å². The van der Waals surface area contributed by atoms with Gasteiger partial charge in [0.05, 0.1) is 0 Å². The summed E-state index contributed by atoms with van der Waals surface area (Å²) in [5.41, 5.74) is 5.25. The lowest BCUT2D eigenvalue weighted by molar-refractivity contribution is 0.414. The van der Waals surface area contributed by atoms with Gasteiger partial charge >= 0.3 is 0 Å². The summed E-state index contributed by atoms with van der Waals surface area (Å²) in [7, 11) is 4.25. The Bertz CT molecular complexity index is 1080. The van der Waals surface area contributed by atoms with Gasteiger partial charge in [0.1, 0.15) is 0 Å². The number of hydrogen-bond acceptors (Lipinski definition) is 2. The Kier molecular flexibility index (Phi) is 4.44. The minimum Gasteiger partial charge on any atom is -0.309 e. The van der Waals surface area contributed by atoms with Crippen LogP contribution < -0.4 is 0 Å². The third-order valence-electron chi connectivity index (χ3n) is 5.09. The Balaban J connectivity index is 1.97. The molecular formula is C24H24N2. The van der Waals surface area contributed by atoms with Crippen molar-refractivity contribution >= 4 is 21.5 Å². The van der Waals surface area contributed by atoms with Gasteiger partial charge in [-0.1, -0.05) is 48.5 Å². The summed E-state index contributed by atoms with van der Waals surface area (Å²) in [6.45, 7) is 3.23. The zero-order chi connectivity index (χ0) is 18.1. The van der Waals surface area contributed by atoms with Crippen molar-refractivity contribution in [3.63, 3.8) is 0 Å². The van der Waals surface area contributed by atoms with Crippen LogP contribution in [0.3, 0.4) is 0 Å². The first-order valence-corrected chi connectivity index (χ1v) is 9.13. The normalized spacial score (nSPS) is 11.5. The van der Waals surface area contributed by atoms with E-state index in [0.717, 1.165) is 13.0 Å². The minimum atomic E-state index is 1.04. The number of fused-ring (bicyclic) bond motifs is 2. The van der Waals surface area contributed by atoms with Crippen molar-refractivity contribution in [2.45, 2.75) is 13.3 Å². The first kappa shape index (κ1) is 16.7. The van der Waals surface area contributed by atoms with Crippen molar-refractivity contribution in [1.82, 2.24) is 9.88 Å². The van der Waals surface area contributed by atoms with E-state index in [9.17, 15) is 0 Å². The van der Waals surface area contributed by atoms with Gasteiger partial charge in [-0.2, -0.15) is 0 Å². The first-order chi connectivity index (χ1) is 12.6. The third-order valence-corrected chi connectivity index (χ3v) is 5.09. The number of aromatic nitrogens is 1.